The summed E-state index contributed by atoms with van der Waals surface area (Å²) < 4.78 is 16.5. The highest BCUT2D eigenvalue weighted by Gasteiger charge is 2.21. The first-order chi connectivity index (χ1) is 17.6. The second-order valence-electron chi connectivity index (χ2n) is 8.47. The van der Waals surface area contributed by atoms with Crippen molar-refractivity contribution in [3.05, 3.63) is 71.4 Å². The number of nitrogens with one attached hydrogen (secondary N) is 1. The van der Waals surface area contributed by atoms with Gasteiger partial charge in [0.1, 0.15) is 0 Å². The summed E-state index contributed by atoms with van der Waals surface area (Å²) in [7, 11) is 3.07. The van der Waals surface area contributed by atoms with Crippen molar-refractivity contribution in [3.63, 3.8) is 0 Å². The van der Waals surface area contributed by atoms with E-state index in [1.807, 2.05) is 11.0 Å². The number of ether oxygens (including phenoxy) is 2. The van der Waals surface area contributed by atoms with Crippen LogP contribution in [-0.2, 0) is 6.42 Å². The van der Waals surface area contributed by atoms with Crippen molar-refractivity contribution in [2.45, 2.75) is 6.42 Å². The monoisotopic (exact) mass is 486 g/mol. The molecular formula is C27H26N4O5. The van der Waals surface area contributed by atoms with E-state index in [4.69, 9.17) is 13.9 Å². The van der Waals surface area contributed by atoms with Gasteiger partial charge < -0.3 is 24.1 Å². The van der Waals surface area contributed by atoms with Gasteiger partial charge in [0.25, 0.3) is 5.91 Å². The van der Waals surface area contributed by atoms with Crippen molar-refractivity contribution in [2.24, 2.45) is 0 Å². The number of amides is 1. The van der Waals surface area contributed by atoms with E-state index < -0.39 is 0 Å². The number of benzene rings is 2. The average Bonchev–Trinajstić information content (AvgIpc) is 3.37. The van der Waals surface area contributed by atoms with Gasteiger partial charge >= 0.3 is 0 Å². The Bertz CT molecular complexity index is 1390. The Morgan fingerprint density at radius 2 is 1.81 bits per heavy atom. The molecule has 0 unspecified atom stereocenters. The highest BCUT2D eigenvalue weighted by atomic mass is 16.5. The van der Waals surface area contributed by atoms with Crippen LogP contribution in [0.2, 0.25) is 0 Å². The van der Waals surface area contributed by atoms with Gasteiger partial charge in [-0.3, -0.25) is 9.59 Å². The maximum Gasteiger partial charge on any atom is 0.253 e. The van der Waals surface area contributed by atoms with Crippen LogP contribution in [0.4, 0.5) is 0 Å². The number of Topliss-reactive ketones (excluding diaryl/α,β-unsaturated/α-hetero) is 1. The van der Waals surface area contributed by atoms with Crippen LogP contribution in [0.3, 0.4) is 0 Å². The number of rotatable bonds is 7. The molecule has 1 aliphatic heterocycles. The van der Waals surface area contributed by atoms with Crippen LogP contribution in [0, 0.1) is 0 Å². The number of pyridine rings is 1. The van der Waals surface area contributed by atoms with Gasteiger partial charge in [0.2, 0.25) is 5.89 Å². The predicted molar refractivity (Wildman–Crippen MR) is 134 cm³/mol. The Hall–Kier alpha value is -4.24. The topological polar surface area (TPSA) is 107 Å². The normalized spacial score (nSPS) is 13.6. The Morgan fingerprint density at radius 1 is 1.00 bits per heavy atom. The van der Waals surface area contributed by atoms with Crippen LogP contribution in [0.5, 0.6) is 11.5 Å². The highest BCUT2D eigenvalue weighted by molar-refractivity contribution is 5.99. The molecule has 4 aromatic rings. The van der Waals surface area contributed by atoms with E-state index in [0.717, 1.165) is 13.1 Å². The summed E-state index contributed by atoms with van der Waals surface area (Å²) in [4.78, 5) is 37.1. The molecule has 0 bridgehead atoms. The Balaban J connectivity index is 1.51. The van der Waals surface area contributed by atoms with E-state index in [1.54, 1.807) is 55.8 Å². The second kappa shape index (κ2) is 10.2. The van der Waals surface area contributed by atoms with Gasteiger partial charge in [0.05, 0.1) is 14.2 Å². The van der Waals surface area contributed by atoms with E-state index >= 15 is 0 Å². The standard InChI is InChI=1S/C27H26N4O5/c1-34-22-6-5-18(16-24(22)35-2)21(32)14-17-12-19(26-30-25-23(36-26)4-3-7-29-25)15-20(13-17)27(33)31-10-8-28-9-11-31/h3-7,12-13,15-16,28H,8-11,14H2,1-2H3. The summed E-state index contributed by atoms with van der Waals surface area (Å²) in [5, 5.41) is 3.26. The summed E-state index contributed by atoms with van der Waals surface area (Å²) in [5.41, 5.74) is 3.30. The number of ketones is 1. The minimum Gasteiger partial charge on any atom is -0.493 e. The van der Waals surface area contributed by atoms with E-state index in [9.17, 15) is 9.59 Å². The van der Waals surface area contributed by atoms with Crippen molar-refractivity contribution in [2.75, 3.05) is 40.4 Å². The number of oxazole rings is 1. The smallest absolute Gasteiger partial charge is 0.253 e. The van der Waals surface area contributed by atoms with Crippen molar-refractivity contribution in [1.82, 2.24) is 20.2 Å². The number of hydrogen-bond acceptors (Lipinski definition) is 8. The number of fused-ring (bicyclic) bond motifs is 1. The molecular weight excluding hydrogens is 460 g/mol. The van der Waals surface area contributed by atoms with Crippen LogP contribution < -0.4 is 14.8 Å². The molecule has 1 amide bonds. The average molecular weight is 487 g/mol. The lowest BCUT2D eigenvalue weighted by atomic mass is 9.98. The van der Waals surface area contributed by atoms with Gasteiger partial charge in [0, 0.05) is 55.5 Å². The zero-order chi connectivity index (χ0) is 25.1. The van der Waals surface area contributed by atoms with Crippen LogP contribution in [0.25, 0.3) is 22.7 Å². The molecule has 9 nitrogen and oxygen atoms in total. The van der Waals surface area contributed by atoms with Gasteiger partial charge in [-0.2, -0.15) is 4.98 Å². The number of hydrogen-bond donors (Lipinski definition) is 1. The van der Waals surface area contributed by atoms with Gasteiger partial charge in [-0.05, 0) is 54.1 Å². The molecule has 9 heteroatoms. The molecule has 0 radical (unpaired) electrons. The predicted octanol–water partition coefficient (Wildman–Crippen LogP) is 3.38. The van der Waals surface area contributed by atoms with Crippen LogP contribution in [-0.4, -0.2) is 67.0 Å². The summed E-state index contributed by atoms with van der Waals surface area (Å²) in [6.45, 7) is 2.73. The van der Waals surface area contributed by atoms with Gasteiger partial charge in [-0.15, -0.1) is 0 Å². The summed E-state index contributed by atoms with van der Waals surface area (Å²) in [6.07, 6.45) is 1.73. The van der Waals surface area contributed by atoms with E-state index in [0.29, 0.717) is 64.0 Å². The SMILES string of the molecule is COc1ccc(C(=O)Cc2cc(C(=O)N3CCNCC3)cc(-c3nc4ncccc4o3)c2)cc1OC. The maximum absolute atomic E-state index is 13.3. The highest BCUT2D eigenvalue weighted by Crippen LogP contribution is 2.29. The fourth-order valence-electron chi connectivity index (χ4n) is 4.28. The van der Waals surface area contributed by atoms with Crippen molar-refractivity contribution in [1.29, 1.82) is 0 Å². The maximum atomic E-state index is 13.3. The molecule has 1 aliphatic rings. The molecule has 5 rings (SSSR count). The number of piperazine rings is 1. The molecule has 3 heterocycles. The number of aromatic nitrogens is 2. The molecule has 0 atom stereocenters. The largest absolute Gasteiger partial charge is 0.493 e. The quantitative estimate of drug-likeness (QED) is 0.396. The zero-order valence-corrected chi connectivity index (χ0v) is 20.1. The molecule has 2 aromatic carbocycles. The van der Waals surface area contributed by atoms with Gasteiger partial charge in [0.15, 0.2) is 28.5 Å². The minimum atomic E-state index is -0.118. The number of methoxy groups -OCH3 is 2. The zero-order valence-electron chi connectivity index (χ0n) is 20.1. The van der Waals surface area contributed by atoms with Crippen molar-refractivity contribution in [3.8, 4) is 23.0 Å². The van der Waals surface area contributed by atoms with Gasteiger partial charge in [-0.25, -0.2) is 4.98 Å². The summed E-state index contributed by atoms with van der Waals surface area (Å²) >= 11 is 0. The first-order valence-electron chi connectivity index (χ1n) is 11.7. The fourth-order valence-corrected chi connectivity index (χ4v) is 4.28. The molecule has 0 spiro atoms. The second-order valence-corrected chi connectivity index (χ2v) is 8.47. The summed E-state index contributed by atoms with van der Waals surface area (Å²) in [5.74, 6) is 1.16. The third kappa shape index (κ3) is 4.78. The molecule has 184 valence electrons. The number of carbonyl (C=O) groups is 2. The Kier molecular flexibility index (Phi) is 6.64. The molecule has 1 N–H and O–H groups in total. The van der Waals surface area contributed by atoms with E-state index in [-0.39, 0.29) is 18.1 Å². The third-order valence-electron chi connectivity index (χ3n) is 6.13. The fraction of sp³-hybridized carbons (Fsp3) is 0.259. The van der Waals surface area contributed by atoms with Gasteiger partial charge in [-0.1, -0.05) is 0 Å². The first-order valence-corrected chi connectivity index (χ1v) is 11.7. The number of nitrogens with zero attached hydrogens (tertiary/aromatic N) is 3. The molecule has 1 fully saturated rings. The molecule has 36 heavy (non-hydrogen) atoms. The Labute approximate surface area is 208 Å². The van der Waals surface area contributed by atoms with Crippen molar-refractivity contribution < 1.29 is 23.5 Å². The Morgan fingerprint density at radius 3 is 2.56 bits per heavy atom. The lowest BCUT2D eigenvalue weighted by Gasteiger charge is -2.27. The van der Waals surface area contributed by atoms with E-state index in [2.05, 4.69) is 15.3 Å². The van der Waals surface area contributed by atoms with E-state index in [1.165, 1.54) is 7.11 Å². The van der Waals surface area contributed by atoms with Crippen LogP contribution in [0.1, 0.15) is 26.3 Å². The first kappa shape index (κ1) is 23.5. The van der Waals surface area contributed by atoms with Crippen molar-refractivity contribution >= 4 is 22.9 Å². The molecule has 1 saturated heterocycles. The number of carbonyl (C=O) groups excluding carboxylic acids is 2. The molecule has 2 aromatic heterocycles. The molecule has 0 aliphatic carbocycles. The van der Waals surface area contributed by atoms with Crippen LogP contribution >= 0.6 is 0 Å². The summed E-state index contributed by atoms with van der Waals surface area (Å²) in [6, 6.07) is 14.0. The van der Waals surface area contributed by atoms with Crippen LogP contribution in [0.15, 0.2) is 59.1 Å². The minimum absolute atomic E-state index is 0.0869. The third-order valence-corrected chi connectivity index (χ3v) is 6.13. The molecule has 0 saturated carbocycles. The lowest BCUT2D eigenvalue weighted by Crippen LogP contribution is -2.46. The lowest BCUT2D eigenvalue weighted by molar-refractivity contribution is 0.0735.